The molecule has 0 unspecified atom stereocenters. The number of pyridine rings is 1. The molecule has 0 aliphatic carbocycles. The van der Waals surface area contributed by atoms with Gasteiger partial charge in [-0.15, -0.1) is 6.58 Å². The van der Waals surface area contributed by atoms with Gasteiger partial charge in [0.25, 0.3) is 0 Å². The first-order valence-corrected chi connectivity index (χ1v) is 6.25. The first kappa shape index (κ1) is 14.0. The predicted octanol–water partition coefficient (Wildman–Crippen LogP) is 2.86. The SMILES string of the molecule is C=CCN(CCC)c1ncc(CNC)cc1Cl. The van der Waals surface area contributed by atoms with Crippen LogP contribution in [-0.2, 0) is 6.54 Å². The normalized spacial score (nSPS) is 10.3. The molecule has 0 saturated carbocycles. The average Bonchev–Trinajstić information content (AvgIpc) is 2.29. The number of halogens is 1. The summed E-state index contributed by atoms with van der Waals surface area (Å²) in [6.45, 7) is 8.39. The molecule has 0 spiro atoms. The minimum Gasteiger partial charge on any atom is -0.352 e. The van der Waals surface area contributed by atoms with E-state index in [1.807, 2.05) is 25.4 Å². The highest BCUT2D eigenvalue weighted by molar-refractivity contribution is 6.33. The third kappa shape index (κ3) is 4.02. The van der Waals surface area contributed by atoms with Crippen LogP contribution in [0.2, 0.25) is 5.02 Å². The Balaban J connectivity index is 2.90. The van der Waals surface area contributed by atoms with Crippen LogP contribution in [0.3, 0.4) is 0 Å². The lowest BCUT2D eigenvalue weighted by Gasteiger charge is -2.22. The molecule has 0 aromatic carbocycles. The third-order valence-electron chi connectivity index (χ3n) is 2.40. The summed E-state index contributed by atoms with van der Waals surface area (Å²) in [4.78, 5) is 6.58. The van der Waals surface area contributed by atoms with Gasteiger partial charge in [-0.2, -0.15) is 0 Å². The zero-order chi connectivity index (χ0) is 12.7. The Kier molecular flexibility index (Phi) is 6.01. The van der Waals surface area contributed by atoms with E-state index in [0.29, 0.717) is 5.02 Å². The molecule has 0 aliphatic heterocycles. The molecule has 0 bridgehead atoms. The highest BCUT2D eigenvalue weighted by Crippen LogP contribution is 2.24. The molecule has 94 valence electrons. The smallest absolute Gasteiger partial charge is 0.147 e. The van der Waals surface area contributed by atoms with E-state index >= 15 is 0 Å². The Morgan fingerprint density at radius 1 is 1.59 bits per heavy atom. The van der Waals surface area contributed by atoms with Crippen LogP contribution in [0, 0.1) is 0 Å². The molecule has 4 heteroatoms. The molecule has 0 saturated heterocycles. The molecule has 1 N–H and O–H groups in total. The lowest BCUT2D eigenvalue weighted by molar-refractivity contribution is 0.791. The molecule has 0 fully saturated rings. The minimum atomic E-state index is 0.702. The molecule has 1 aromatic heterocycles. The fourth-order valence-corrected chi connectivity index (χ4v) is 2.02. The summed E-state index contributed by atoms with van der Waals surface area (Å²) in [5.41, 5.74) is 1.09. The maximum absolute atomic E-state index is 6.27. The first-order chi connectivity index (χ1) is 8.22. The second kappa shape index (κ2) is 7.30. The van der Waals surface area contributed by atoms with Crippen molar-refractivity contribution in [3.8, 4) is 0 Å². The van der Waals surface area contributed by atoms with Crippen LogP contribution in [0.1, 0.15) is 18.9 Å². The molecule has 0 atom stereocenters. The molecule has 0 aliphatic rings. The van der Waals surface area contributed by atoms with Crippen molar-refractivity contribution in [2.24, 2.45) is 0 Å². The fraction of sp³-hybridized carbons (Fsp3) is 0.462. The summed E-state index contributed by atoms with van der Waals surface area (Å²) in [7, 11) is 1.91. The van der Waals surface area contributed by atoms with Crippen LogP contribution >= 0.6 is 11.6 Å². The zero-order valence-corrected chi connectivity index (χ0v) is 11.3. The number of anilines is 1. The van der Waals surface area contributed by atoms with Crippen molar-refractivity contribution in [1.29, 1.82) is 0 Å². The number of hydrogen-bond donors (Lipinski definition) is 1. The minimum absolute atomic E-state index is 0.702. The molecule has 3 nitrogen and oxygen atoms in total. The van der Waals surface area contributed by atoms with Crippen LogP contribution in [0.25, 0.3) is 0 Å². The first-order valence-electron chi connectivity index (χ1n) is 5.87. The summed E-state index contributed by atoms with van der Waals surface area (Å²) in [6, 6.07) is 1.96. The van der Waals surface area contributed by atoms with Gasteiger partial charge in [-0.25, -0.2) is 4.98 Å². The van der Waals surface area contributed by atoms with Crippen LogP contribution in [0.15, 0.2) is 24.9 Å². The lowest BCUT2D eigenvalue weighted by atomic mass is 10.2. The van der Waals surface area contributed by atoms with E-state index in [2.05, 4.69) is 28.7 Å². The van der Waals surface area contributed by atoms with Crippen molar-refractivity contribution < 1.29 is 0 Å². The molecule has 1 aromatic rings. The highest BCUT2D eigenvalue weighted by atomic mass is 35.5. The van der Waals surface area contributed by atoms with E-state index < -0.39 is 0 Å². The van der Waals surface area contributed by atoms with Crippen molar-refractivity contribution >= 4 is 17.4 Å². The van der Waals surface area contributed by atoms with E-state index in [1.165, 1.54) is 0 Å². The van der Waals surface area contributed by atoms with E-state index in [0.717, 1.165) is 37.4 Å². The largest absolute Gasteiger partial charge is 0.352 e. The Labute approximate surface area is 108 Å². The Morgan fingerprint density at radius 2 is 2.35 bits per heavy atom. The van der Waals surface area contributed by atoms with Crippen LogP contribution in [0.5, 0.6) is 0 Å². The van der Waals surface area contributed by atoms with Gasteiger partial charge < -0.3 is 10.2 Å². The van der Waals surface area contributed by atoms with Crippen molar-refractivity contribution in [3.05, 3.63) is 35.5 Å². The van der Waals surface area contributed by atoms with Gasteiger partial charge in [0.1, 0.15) is 5.82 Å². The van der Waals surface area contributed by atoms with Gasteiger partial charge in [-0.05, 0) is 25.1 Å². The van der Waals surface area contributed by atoms with E-state index in [1.54, 1.807) is 0 Å². The summed E-state index contributed by atoms with van der Waals surface area (Å²) < 4.78 is 0. The van der Waals surface area contributed by atoms with Gasteiger partial charge in [0.2, 0.25) is 0 Å². The predicted molar refractivity (Wildman–Crippen MR) is 74.7 cm³/mol. The summed E-state index contributed by atoms with van der Waals surface area (Å²) in [6.07, 6.45) is 4.79. The molecule has 17 heavy (non-hydrogen) atoms. The molecular formula is C13H20ClN3. The third-order valence-corrected chi connectivity index (χ3v) is 2.68. The number of rotatable bonds is 7. The zero-order valence-electron chi connectivity index (χ0n) is 10.5. The summed E-state index contributed by atoms with van der Waals surface area (Å²) in [5.74, 6) is 0.841. The molecule has 0 radical (unpaired) electrons. The van der Waals surface area contributed by atoms with Gasteiger partial charge in [-0.1, -0.05) is 24.6 Å². The monoisotopic (exact) mass is 253 g/mol. The molecule has 0 amide bonds. The van der Waals surface area contributed by atoms with E-state index in [4.69, 9.17) is 11.6 Å². The van der Waals surface area contributed by atoms with Gasteiger partial charge in [-0.3, -0.25) is 0 Å². The van der Waals surface area contributed by atoms with Crippen molar-refractivity contribution in [2.75, 3.05) is 25.0 Å². The summed E-state index contributed by atoms with van der Waals surface area (Å²) in [5, 5.41) is 3.78. The lowest BCUT2D eigenvalue weighted by Crippen LogP contribution is -2.25. The number of aromatic nitrogens is 1. The van der Waals surface area contributed by atoms with Crippen LogP contribution in [-0.4, -0.2) is 25.1 Å². The Morgan fingerprint density at radius 3 is 2.88 bits per heavy atom. The Bertz CT molecular complexity index is 366. The van der Waals surface area contributed by atoms with Crippen molar-refractivity contribution in [1.82, 2.24) is 10.3 Å². The fourth-order valence-electron chi connectivity index (χ4n) is 1.71. The summed E-state index contributed by atoms with van der Waals surface area (Å²) >= 11 is 6.27. The number of nitrogens with zero attached hydrogens (tertiary/aromatic N) is 2. The van der Waals surface area contributed by atoms with Crippen LogP contribution in [0.4, 0.5) is 5.82 Å². The maximum atomic E-state index is 6.27. The molecular weight excluding hydrogens is 234 g/mol. The second-order valence-corrected chi connectivity index (χ2v) is 4.32. The van der Waals surface area contributed by atoms with Crippen molar-refractivity contribution in [2.45, 2.75) is 19.9 Å². The van der Waals surface area contributed by atoms with Crippen LogP contribution < -0.4 is 10.2 Å². The topological polar surface area (TPSA) is 28.2 Å². The average molecular weight is 254 g/mol. The quantitative estimate of drug-likeness (QED) is 0.758. The van der Waals surface area contributed by atoms with E-state index in [9.17, 15) is 0 Å². The van der Waals surface area contributed by atoms with E-state index in [-0.39, 0.29) is 0 Å². The standard InChI is InChI=1S/C13H20ClN3/c1-4-6-17(7-5-2)13-12(14)8-11(9-15-3)10-16-13/h4,8,10,15H,1,5-7,9H2,2-3H3. The molecule has 1 heterocycles. The Hall–Kier alpha value is -1.06. The highest BCUT2D eigenvalue weighted by Gasteiger charge is 2.10. The number of nitrogens with one attached hydrogen (secondary N) is 1. The number of hydrogen-bond acceptors (Lipinski definition) is 3. The van der Waals surface area contributed by atoms with Gasteiger partial charge >= 0.3 is 0 Å². The van der Waals surface area contributed by atoms with Crippen molar-refractivity contribution in [3.63, 3.8) is 0 Å². The second-order valence-electron chi connectivity index (χ2n) is 3.91. The maximum Gasteiger partial charge on any atom is 0.147 e. The van der Waals surface area contributed by atoms with Gasteiger partial charge in [0.05, 0.1) is 5.02 Å². The van der Waals surface area contributed by atoms with Gasteiger partial charge in [0.15, 0.2) is 0 Å². The molecule has 1 rings (SSSR count). The van der Waals surface area contributed by atoms with Gasteiger partial charge in [0, 0.05) is 25.8 Å².